The Balaban J connectivity index is 2.35. The van der Waals surface area contributed by atoms with Gasteiger partial charge in [0.05, 0.1) is 12.6 Å². The number of carbonyl (C=O) groups is 1. The van der Waals surface area contributed by atoms with E-state index < -0.39 is 5.60 Å². The van der Waals surface area contributed by atoms with Crippen molar-refractivity contribution in [3.8, 4) is 0 Å². The molecule has 1 atom stereocenters. The lowest BCUT2D eigenvalue weighted by Gasteiger charge is -2.26. The molecule has 1 rings (SSSR count). The molecule has 13 heavy (non-hydrogen) atoms. The largest absolute Gasteiger partial charge is 0.381 e. The molecule has 0 spiro atoms. The summed E-state index contributed by atoms with van der Waals surface area (Å²) < 4.78 is 5.20. The van der Waals surface area contributed by atoms with Gasteiger partial charge in [0, 0.05) is 6.61 Å². The number of hydrogen-bond donors (Lipinski definition) is 2. The van der Waals surface area contributed by atoms with Gasteiger partial charge in [0.2, 0.25) is 0 Å². The van der Waals surface area contributed by atoms with Gasteiger partial charge >= 0.3 is 0 Å². The molecule has 0 saturated carbocycles. The van der Waals surface area contributed by atoms with Crippen LogP contribution in [0.3, 0.4) is 0 Å². The molecule has 76 valence electrons. The van der Waals surface area contributed by atoms with Gasteiger partial charge in [-0.25, -0.2) is 0 Å². The molecule has 1 aliphatic rings. The maximum atomic E-state index is 11.3. The van der Waals surface area contributed by atoms with Gasteiger partial charge in [0.1, 0.15) is 5.60 Å². The third kappa shape index (κ3) is 3.32. The zero-order chi connectivity index (χ0) is 9.90. The van der Waals surface area contributed by atoms with E-state index in [1.807, 2.05) is 0 Å². The minimum atomic E-state index is -1.29. The van der Waals surface area contributed by atoms with Gasteiger partial charge in [0.15, 0.2) is 0 Å². The summed E-state index contributed by atoms with van der Waals surface area (Å²) in [5, 5.41) is 12.1. The molecule has 0 radical (unpaired) electrons. The number of aliphatic hydroxyl groups is 1. The predicted octanol–water partition coefficient (Wildman–Crippen LogP) is 0.0525. The Morgan fingerprint density at radius 3 is 2.77 bits per heavy atom. The van der Waals surface area contributed by atoms with E-state index >= 15 is 0 Å². The van der Waals surface area contributed by atoms with Crippen molar-refractivity contribution in [2.75, 3.05) is 13.2 Å². The second-order valence-electron chi connectivity index (χ2n) is 3.95. The highest BCUT2D eigenvalue weighted by Crippen LogP contribution is 2.08. The third-order valence-electron chi connectivity index (χ3n) is 2.05. The van der Waals surface area contributed by atoms with Gasteiger partial charge < -0.3 is 15.2 Å². The molecule has 1 saturated heterocycles. The molecule has 0 aromatic rings. The number of nitrogens with one attached hydrogen (secondary N) is 1. The fourth-order valence-corrected chi connectivity index (χ4v) is 1.22. The first-order chi connectivity index (χ1) is 6.00. The van der Waals surface area contributed by atoms with Crippen molar-refractivity contribution in [2.24, 2.45) is 0 Å². The molecule has 1 amide bonds. The Morgan fingerprint density at radius 1 is 1.62 bits per heavy atom. The van der Waals surface area contributed by atoms with Gasteiger partial charge in [-0.2, -0.15) is 0 Å². The lowest BCUT2D eigenvalue weighted by molar-refractivity contribution is -0.138. The first kappa shape index (κ1) is 10.5. The molecule has 4 heteroatoms. The summed E-state index contributed by atoms with van der Waals surface area (Å²) in [6.45, 7) is 4.29. The van der Waals surface area contributed by atoms with Crippen LogP contribution < -0.4 is 5.32 Å². The first-order valence-electron chi connectivity index (χ1n) is 4.61. The van der Waals surface area contributed by atoms with Gasteiger partial charge in [-0.3, -0.25) is 4.79 Å². The number of amides is 1. The molecular weight excluding hydrogens is 170 g/mol. The summed E-state index contributed by atoms with van der Waals surface area (Å²) in [5.41, 5.74) is -1.29. The summed E-state index contributed by atoms with van der Waals surface area (Å²) in [6, 6.07) is 0.0627. The highest BCUT2D eigenvalue weighted by molar-refractivity contribution is 5.84. The lowest BCUT2D eigenvalue weighted by Crippen LogP contribution is -2.49. The maximum Gasteiger partial charge on any atom is 0.251 e. The average Bonchev–Trinajstić information content (AvgIpc) is 2.04. The van der Waals surface area contributed by atoms with Gasteiger partial charge in [-0.15, -0.1) is 0 Å². The monoisotopic (exact) mass is 187 g/mol. The summed E-state index contributed by atoms with van der Waals surface area (Å²) in [6.07, 6.45) is 1.90. The van der Waals surface area contributed by atoms with E-state index in [1.165, 1.54) is 13.8 Å². The Morgan fingerprint density at radius 2 is 2.31 bits per heavy atom. The van der Waals surface area contributed by atoms with Crippen LogP contribution in [0.4, 0.5) is 0 Å². The Hall–Kier alpha value is -0.610. The van der Waals surface area contributed by atoms with Gasteiger partial charge in [-0.1, -0.05) is 0 Å². The number of hydrogen-bond acceptors (Lipinski definition) is 3. The number of carbonyl (C=O) groups excluding carboxylic acids is 1. The predicted molar refractivity (Wildman–Crippen MR) is 48.3 cm³/mol. The lowest BCUT2D eigenvalue weighted by atomic mass is 10.1. The van der Waals surface area contributed by atoms with E-state index in [9.17, 15) is 9.90 Å². The van der Waals surface area contributed by atoms with E-state index in [2.05, 4.69) is 5.32 Å². The second kappa shape index (κ2) is 4.07. The van der Waals surface area contributed by atoms with Crippen LogP contribution in [0.25, 0.3) is 0 Å². The number of rotatable bonds is 2. The van der Waals surface area contributed by atoms with Crippen molar-refractivity contribution in [2.45, 2.75) is 38.3 Å². The highest BCUT2D eigenvalue weighted by Gasteiger charge is 2.26. The van der Waals surface area contributed by atoms with E-state index in [0.29, 0.717) is 6.61 Å². The molecule has 0 aromatic carbocycles. The van der Waals surface area contributed by atoms with Crippen molar-refractivity contribution in [3.63, 3.8) is 0 Å². The first-order valence-corrected chi connectivity index (χ1v) is 4.61. The summed E-state index contributed by atoms with van der Waals surface area (Å²) in [4.78, 5) is 11.3. The molecule has 1 heterocycles. The van der Waals surface area contributed by atoms with Gasteiger partial charge in [0.25, 0.3) is 5.91 Å². The van der Waals surface area contributed by atoms with Crippen LogP contribution in [0, 0.1) is 0 Å². The van der Waals surface area contributed by atoms with Crippen molar-refractivity contribution >= 4 is 5.91 Å². The minimum absolute atomic E-state index is 0.0627. The van der Waals surface area contributed by atoms with E-state index in [4.69, 9.17) is 4.74 Å². The van der Waals surface area contributed by atoms with Crippen molar-refractivity contribution in [1.82, 2.24) is 5.32 Å². The molecule has 4 nitrogen and oxygen atoms in total. The molecule has 0 aromatic heterocycles. The Labute approximate surface area is 78.3 Å². The van der Waals surface area contributed by atoms with Crippen molar-refractivity contribution in [3.05, 3.63) is 0 Å². The fourth-order valence-electron chi connectivity index (χ4n) is 1.22. The van der Waals surface area contributed by atoms with Crippen LogP contribution in [0.15, 0.2) is 0 Å². The van der Waals surface area contributed by atoms with Crippen LogP contribution in [0.2, 0.25) is 0 Å². The third-order valence-corrected chi connectivity index (χ3v) is 2.05. The Kier molecular flexibility index (Phi) is 3.27. The normalized spacial score (nSPS) is 24.1. The van der Waals surface area contributed by atoms with Crippen LogP contribution in [0.1, 0.15) is 26.7 Å². The molecule has 1 fully saturated rings. The highest BCUT2D eigenvalue weighted by atomic mass is 16.5. The quantitative estimate of drug-likeness (QED) is 0.642. The minimum Gasteiger partial charge on any atom is -0.381 e. The smallest absolute Gasteiger partial charge is 0.251 e. The molecule has 0 aliphatic carbocycles. The summed E-state index contributed by atoms with van der Waals surface area (Å²) in [7, 11) is 0. The topological polar surface area (TPSA) is 58.6 Å². The van der Waals surface area contributed by atoms with Crippen LogP contribution in [-0.2, 0) is 9.53 Å². The van der Waals surface area contributed by atoms with Crippen LogP contribution >= 0.6 is 0 Å². The molecule has 0 unspecified atom stereocenters. The number of ether oxygens (including phenoxy) is 1. The van der Waals surface area contributed by atoms with E-state index in [0.717, 1.165) is 19.4 Å². The van der Waals surface area contributed by atoms with E-state index in [1.54, 1.807) is 0 Å². The maximum absolute atomic E-state index is 11.3. The standard InChI is InChI=1S/C9H17NO3/c1-9(2,12)8(11)10-7-4-3-5-13-6-7/h7,12H,3-6H2,1-2H3,(H,10,11)/t7-/m1/s1. The fraction of sp³-hybridized carbons (Fsp3) is 0.889. The second-order valence-corrected chi connectivity index (χ2v) is 3.95. The zero-order valence-corrected chi connectivity index (χ0v) is 8.17. The Bertz CT molecular complexity index is 180. The van der Waals surface area contributed by atoms with Crippen molar-refractivity contribution < 1.29 is 14.6 Å². The molecule has 2 N–H and O–H groups in total. The average molecular weight is 187 g/mol. The van der Waals surface area contributed by atoms with Gasteiger partial charge in [-0.05, 0) is 26.7 Å². The molecule has 1 aliphatic heterocycles. The SMILES string of the molecule is CC(C)(O)C(=O)N[C@@H]1CCCOC1. The molecule has 0 bridgehead atoms. The summed E-state index contributed by atoms with van der Waals surface area (Å²) >= 11 is 0. The van der Waals surface area contributed by atoms with E-state index in [-0.39, 0.29) is 11.9 Å². The zero-order valence-electron chi connectivity index (χ0n) is 8.17. The van der Waals surface area contributed by atoms with Crippen molar-refractivity contribution in [1.29, 1.82) is 0 Å². The van der Waals surface area contributed by atoms with Crippen LogP contribution in [0.5, 0.6) is 0 Å². The molecular formula is C9H17NO3. The summed E-state index contributed by atoms with van der Waals surface area (Å²) in [5.74, 6) is -0.331. The van der Waals surface area contributed by atoms with Crippen LogP contribution in [-0.4, -0.2) is 35.9 Å².